The average molecular weight is 277 g/mol. The Morgan fingerprint density at radius 2 is 2.20 bits per heavy atom. The summed E-state index contributed by atoms with van der Waals surface area (Å²) < 4.78 is 0. The van der Waals surface area contributed by atoms with Crippen molar-refractivity contribution in [3.05, 3.63) is 29.8 Å². The second-order valence-electron chi connectivity index (χ2n) is 4.73. The van der Waals surface area contributed by atoms with Crippen molar-refractivity contribution in [1.29, 1.82) is 0 Å². The molecule has 1 unspecified atom stereocenters. The van der Waals surface area contributed by atoms with Gasteiger partial charge in [-0.25, -0.2) is 0 Å². The molecule has 1 aliphatic heterocycles. The van der Waals surface area contributed by atoms with Crippen molar-refractivity contribution < 1.29 is 14.7 Å². The van der Waals surface area contributed by atoms with Gasteiger partial charge in [-0.05, 0) is 6.07 Å². The second kappa shape index (κ2) is 6.38. The third-order valence-corrected chi connectivity index (χ3v) is 3.45. The van der Waals surface area contributed by atoms with Gasteiger partial charge < -0.3 is 20.6 Å². The molecule has 108 valence electrons. The van der Waals surface area contributed by atoms with Crippen LogP contribution >= 0.6 is 0 Å². The van der Waals surface area contributed by atoms with Crippen molar-refractivity contribution in [1.82, 2.24) is 15.5 Å². The Hall–Kier alpha value is -2.08. The molecule has 1 atom stereocenters. The molecule has 2 rings (SSSR count). The smallest absolute Gasteiger partial charge is 0.243 e. The number of nitrogens with one attached hydrogen (secondary N) is 2. The fourth-order valence-corrected chi connectivity index (χ4v) is 2.33. The number of piperazine rings is 1. The summed E-state index contributed by atoms with van der Waals surface area (Å²) in [5, 5.41) is 15.4. The molecule has 0 aromatic heterocycles. The summed E-state index contributed by atoms with van der Waals surface area (Å²) in [4.78, 5) is 25.7. The van der Waals surface area contributed by atoms with E-state index in [0.29, 0.717) is 25.2 Å². The number of likely N-dealkylation sites (N-methyl/N-ethyl adjacent to an activating group) is 1. The molecule has 0 bridgehead atoms. The number of hydrogen-bond donors (Lipinski definition) is 3. The summed E-state index contributed by atoms with van der Waals surface area (Å²) in [6, 6.07) is 6.26. The SMILES string of the molecule is CNC(=O)C1CNCCN1C(=O)Cc1ccccc1O. The molecule has 1 aromatic carbocycles. The highest BCUT2D eigenvalue weighted by Crippen LogP contribution is 2.18. The Morgan fingerprint density at radius 1 is 1.45 bits per heavy atom. The third-order valence-electron chi connectivity index (χ3n) is 3.45. The van der Waals surface area contributed by atoms with Crippen LogP contribution in [0.5, 0.6) is 5.75 Å². The van der Waals surface area contributed by atoms with E-state index < -0.39 is 6.04 Å². The maximum absolute atomic E-state index is 12.4. The van der Waals surface area contributed by atoms with Gasteiger partial charge in [0, 0.05) is 32.2 Å². The lowest BCUT2D eigenvalue weighted by Gasteiger charge is -2.35. The van der Waals surface area contributed by atoms with E-state index >= 15 is 0 Å². The van der Waals surface area contributed by atoms with Gasteiger partial charge in [-0.15, -0.1) is 0 Å². The molecule has 1 aliphatic rings. The van der Waals surface area contributed by atoms with Gasteiger partial charge in [0.2, 0.25) is 11.8 Å². The minimum atomic E-state index is -0.493. The number of nitrogens with zero attached hydrogens (tertiary/aromatic N) is 1. The molecule has 0 saturated carbocycles. The van der Waals surface area contributed by atoms with Gasteiger partial charge >= 0.3 is 0 Å². The summed E-state index contributed by atoms with van der Waals surface area (Å²) in [6.07, 6.45) is 0.0974. The molecule has 0 spiro atoms. The minimum Gasteiger partial charge on any atom is -0.508 e. The minimum absolute atomic E-state index is 0.0974. The Bertz CT molecular complexity index is 504. The van der Waals surface area contributed by atoms with E-state index in [1.54, 1.807) is 36.2 Å². The van der Waals surface area contributed by atoms with Gasteiger partial charge in [0.15, 0.2) is 0 Å². The van der Waals surface area contributed by atoms with Crippen LogP contribution in [0.2, 0.25) is 0 Å². The van der Waals surface area contributed by atoms with E-state index in [9.17, 15) is 14.7 Å². The van der Waals surface area contributed by atoms with Crippen LogP contribution in [-0.4, -0.2) is 54.5 Å². The van der Waals surface area contributed by atoms with Gasteiger partial charge in [0.25, 0.3) is 0 Å². The van der Waals surface area contributed by atoms with Crippen LogP contribution in [0.3, 0.4) is 0 Å². The van der Waals surface area contributed by atoms with Gasteiger partial charge in [-0.1, -0.05) is 18.2 Å². The fraction of sp³-hybridized carbons (Fsp3) is 0.429. The topological polar surface area (TPSA) is 81.7 Å². The number of aromatic hydroxyl groups is 1. The number of hydrogen-bond acceptors (Lipinski definition) is 4. The number of phenols is 1. The van der Waals surface area contributed by atoms with Crippen LogP contribution in [0.4, 0.5) is 0 Å². The molecule has 1 heterocycles. The van der Waals surface area contributed by atoms with Gasteiger partial charge in [0.1, 0.15) is 11.8 Å². The lowest BCUT2D eigenvalue weighted by atomic mass is 10.1. The molecule has 1 aromatic rings. The van der Waals surface area contributed by atoms with Crippen LogP contribution in [0.1, 0.15) is 5.56 Å². The van der Waals surface area contributed by atoms with Crippen LogP contribution in [0.25, 0.3) is 0 Å². The van der Waals surface area contributed by atoms with E-state index in [2.05, 4.69) is 10.6 Å². The Labute approximate surface area is 117 Å². The predicted octanol–water partition coefficient (Wildman–Crippen LogP) is -0.519. The first-order chi connectivity index (χ1) is 9.63. The largest absolute Gasteiger partial charge is 0.508 e. The van der Waals surface area contributed by atoms with E-state index in [1.807, 2.05) is 0 Å². The fourth-order valence-electron chi connectivity index (χ4n) is 2.33. The summed E-state index contributed by atoms with van der Waals surface area (Å²) in [6.45, 7) is 1.61. The van der Waals surface area contributed by atoms with Crippen LogP contribution in [0.15, 0.2) is 24.3 Å². The summed E-state index contributed by atoms with van der Waals surface area (Å²) >= 11 is 0. The first-order valence-electron chi connectivity index (χ1n) is 6.62. The number of phenolic OH excluding ortho intramolecular Hbond substituents is 1. The number of benzene rings is 1. The molecule has 1 saturated heterocycles. The highest BCUT2D eigenvalue weighted by atomic mass is 16.3. The third kappa shape index (κ3) is 3.08. The normalized spacial score (nSPS) is 18.6. The maximum atomic E-state index is 12.4. The lowest BCUT2D eigenvalue weighted by molar-refractivity contribution is -0.140. The molecule has 3 N–H and O–H groups in total. The van der Waals surface area contributed by atoms with E-state index in [4.69, 9.17) is 0 Å². The van der Waals surface area contributed by atoms with Crippen molar-refractivity contribution >= 4 is 11.8 Å². The zero-order chi connectivity index (χ0) is 14.5. The monoisotopic (exact) mass is 277 g/mol. The zero-order valence-corrected chi connectivity index (χ0v) is 11.4. The van der Waals surface area contributed by atoms with Crippen molar-refractivity contribution in [2.45, 2.75) is 12.5 Å². The Kier molecular flexibility index (Phi) is 4.57. The van der Waals surface area contributed by atoms with Crippen molar-refractivity contribution in [2.24, 2.45) is 0 Å². The zero-order valence-electron chi connectivity index (χ0n) is 11.4. The summed E-state index contributed by atoms with van der Waals surface area (Å²) in [5.74, 6) is -0.225. The van der Waals surface area contributed by atoms with Crippen molar-refractivity contribution in [3.8, 4) is 5.75 Å². The van der Waals surface area contributed by atoms with Crippen LogP contribution in [0, 0.1) is 0 Å². The highest BCUT2D eigenvalue weighted by Gasteiger charge is 2.31. The van der Waals surface area contributed by atoms with E-state index in [0.717, 1.165) is 0 Å². The second-order valence-corrected chi connectivity index (χ2v) is 4.73. The Balaban J connectivity index is 2.10. The molecular weight excluding hydrogens is 258 g/mol. The summed E-state index contributed by atoms with van der Waals surface area (Å²) in [7, 11) is 1.56. The predicted molar refractivity (Wildman–Crippen MR) is 74.2 cm³/mol. The van der Waals surface area contributed by atoms with Crippen molar-refractivity contribution in [2.75, 3.05) is 26.7 Å². The Morgan fingerprint density at radius 3 is 2.90 bits per heavy atom. The lowest BCUT2D eigenvalue weighted by Crippen LogP contribution is -2.59. The van der Waals surface area contributed by atoms with Gasteiger partial charge in [-0.2, -0.15) is 0 Å². The van der Waals surface area contributed by atoms with E-state index in [1.165, 1.54) is 0 Å². The number of rotatable bonds is 3. The number of carbonyl (C=O) groups is 2. The van der Waals surface area contributed by atoms with Crippen LogP contribution < -0.4 is 10.6 Å². The molecular formula is C14H19N3O3. The van der Waals surface area contributed by atoms with Gasteiger partial charge in [-0.3, -0.25) is 9.59 Å². The average Bonchev–Trinajstić information content (AvgIpc) is 2.48. The van der Waals surface area contributed by atoms with Gasteiger partial charge in [0.05, 0.1) is 6.42 Å². The van der Waals surface area contributed by atoms with Crippen LogP contribution in [-0.2, 0) is 16.0 Å². The van der Waals surface area contributed by atoms with Crippen molar-refractivity contribution in [3.63, 3.8) is 0 Å². The quantitative estimate of drug-likeness (QED) is 0.694. The summed E-state index contributed by atoms with van der Waals surface area (Å²) in [5.41, 5.74) is 0.576. The molecule has 20 heavy (non-hydrogen) atoms. The first kappa shape index (κ1) is 14.3. The molecule has 2 amide bonds. The molecule has 0 aliphatic carbocycles. The molecule has 6 nitrogen and oxygen atoms in total. The number of amides is 2. The molecule has 0 radical (unpaired) electrons. The molecule has 6 heteroatoms. The number of para-hydroxylation sites is 1. The van der Waals surface area contributed by atoms with E-state index in [-0.39, 0.29) is 24.0 Å². The first-order valence-corrected chi connectivity index (χ1v) is 6.62. The highest BCUT2D eigenvalue weighted by molar-refractivity contribution is 5.89. The standard InChI is InChI=1S/C14H19N3O3/c1-15-14(20)11-9-16-6-7-17(11)13(19)8-10-4-2-3-5-12(10)18/h2-5,11,16,18H,6-9H2,1H3,(H,15,20). The number of carbonyl (C=O) groups excluding carboxylic acids is 2. The maximum Gasteiger partial charge on any atom is 0.243 e. The molecule has 1 fully saturated rings.